The minimum atomic E-state index is -0.299. The zero-order chi connectivity index (χ0) is 19.3. The standard InChI is InChI=1S/C24H16FNO2/c25-17-8-4-15(5-9-17)21-13-19(14-6-10-18(27)11-7-14)20-12-16-2-1-3-22(28)23(16)24(20)26-21/h1-11,13,27-28H,12H2. The number of hydrogen-bond acceptors (Lipinski definition) is 3. The van der Waals surface area contributed by atoms with Crippen LogP contribution in [0.3, 0.4) is 0 Å². The third kappa shape index (κ3) is 2.62. The third-order valence-electron chi connectivity index (χ3n) is 5.18. The normalized spacial score (nSPS) is 11.9. The van der Waals surface area contributed by atoms with E-state index in [1.807, 2.05) is 30.3 Å². The predicted octanol–water partition coefficient (Wildman–Crippen LogP) is 5.54. The maximum Gasteiger partial charge on any atom is 0.125 e. The summed E-state index contributed by atoms with van der Waals surface area (Å²) in [4.78, 5) is 4.83. The van der Waals surface area contributed by atoms with E-state index in [9.17, 15) is 14.6 Å². The molecule has 0 bridgehead atoms. The summed E-state index contributed by atoms with van der Waals surface area (Å²) in [6, 6.07) is 20.7. The summed E-state index contributed by atoms with van der Waals surface area (Å²) in [7, 11) is 0. The number of halogens is 1. The molecule has 0 fully saturated rings. The lowest BCUT2D eigenvalue weighted by molar-refractivity contribution is 0.475. The summed E-state index contributed by atoms with van der Waals surface area (Å²) >= 11 is 0. The Labute approximate surface area is 161 Å². The number of rotatable bonds is 2. The van der Waals surface area contributed by atoms with Crippen LogP contribution in [0.4, 0.5) is 4.39 Å². The van der Waals surface area contributed by atoms with Crippen LogP contribution in [-0.2, 0) is 6.42 Å². The molecule has 28 heavy (non-hydrogen) atoms. The van der Waals surface area contributed by atoms with Crippen LogP contribution in [0.25, 0.3) is 33.6 Å². The molecular formula is C24H16FNO2. The Balaban J connectivity index is 1.79. The van der Waals surface area contributed by atoms with Gasteiger partial charge in [0.2, 0.25) is 0 Å². The molecule has 0 aliphatic heterocycles. The van der Waals surface area contributed by atoms with E-state index in [0.29, 0.717) is 12.1 Å². The first-order chi connectivity index (χ1) is 13.6. The molecule has 0 radical (unpaired) electrons. The lowest BCUT2D eigenvalue weighted by Gasteiger charge is -2.13. The molecule has 0 atom stereocenters. The van der Waals surface area contributed by atoms with Crippen LogP contribution >= 0.6 is 0 Å². The van der Waals surface area contributed by atoms with Crippen LogP contribution in [0, 0.1) is 5.82 Å². The predicted molar refractivity (Wildman–Crippen MR) is 107 cm³/mol. The van der Waals surface area contributed by atoms with Crippen LogP contribution in [0.5, 0.6) is 11.5 Å². The zero-order valence-electron chi connectivity index (χ0n) is 14.9. The van der Waals surface area contributed by atoms with Gasteiger partial charge in [-0.3, -0.25) is 0 Å². The number of phenols is 2. The minimum Gasteiger partial charge on any atom is -0.508 e. The highest BCUT2D eigenvalue weighted by atomic mass is 19.1. The first-order valence-corrected chi connectivity index (χ1v) is 9.00. The van der Waals surface area contributed by atoms with Crippen LogP contribution in [0.2, 0.25) is 0 Å². The zero-order valence-corrected chi connectivity index (χ0v) is 14.9. The van der Waals surface area contributed by atoms with E-state index in [2.05, 4.69) is 0 Å². The van der Waals surface area contributed by atoms with Gasteiger partial charge in [0, 0.05) is 17.5 Å². The summed E-state index contributed by atoms with van der Waals surface area (Å²) in [6.07, 6.45) is 0.673. The number of phenolic OH excluding ortho intramolecular Hbond substituents is 2. The molecule has 0 spiro atoms. The van der Waals surface area contributed by atoms with E-state index in [1.54, 1.807) is 30.3 Å². The SMILES string of the molecule is Oc1ccc(-c2cc(-c3ccc(F)cc3)nc3c2Cc2cccc(O)c2-3)cc1. The maximum absolute atomic E-state index is 13.4. The molecule has 1 aromatic heterocycles. The molecular weight excluding hydrogens is 353 g/mol. The second-order valence-corrected chi connectivity index (χ2v) is 6.92. The van der Waals surface area contributed by atoms with Gasteiger partial charge >= 0.3 is 0 Å². The van der Waals surface area contributed by atoms with Gasteiger partial charge in [-0.1, -0.05) is 24.3 Å². The molecule has 0 amide bonds. The van der Waals surface area contributed by atoms with E-state index >= 15 is 0 Å². The Bertz CT molecular complexity index is 1200. The van der Waals surface area contributed by atoms with Gasteiger partial charge < -0.3 is 10.2 Å². The summed E-state index contributed by atoms with van der Waals surface area (Å²) < 4.78 is 13.4. The number of fused-ring (bicyclic) bond motifs is 3. The van der Waals surface area contributed by atoms with E-state index in [0.717, 1.165) is 39.1 Å². The molecule has 5 rings (SSSR count). The Morgan fingerprint density at radius 1 is 0.821 bits per heavy atom. The molecule has 1 aliphatic rings. The number of aromatic nitrogens is 1. The highest BCUT2D eigenvalue weighted by molar-refractivity contribution is 5.88. The molecule has 0 saturated carbocycles. The van der Waals surface area contributed by atoms with Gasteiger partial charge in [-0.25, -0.2) is 9.37 Å². The molecule has 0 saturated heterocycles. The van der Waals surface area contributed by atoms with Crippen LogP contribution in [0.1, 0.15) is 11.1 Å². The fourth-order valence-electron chi connectivity index (χ4n) is 3.82. The second kappa shape index (κ2) is 6.20. The van der Waals surface area contributed by atoms with Gasteiger partial charge in [0.05, 0.1) is 11.4 Å². The average Bonchev–Trinajstić information content (AvgIpc) is 3.08. The Hall–Kier alpha value is -3.66. The Kier molecular flexibility index (Phi) is 3.66. The van der Waals surface area contributed by atoms with E-state index in [1.165, 1.54) is 12.1 Å². The lowest BCUT2D eigenvalue weighted by Crippen LogP contribution is -1.94. The molecule has 4 aromatic rings. The molecule has 0 unspecified atom stereocenters. The molecule has 136 valence electrons. The first kappa shape index (κ1) is 16.5. The van der Waals surface area contributed by atoms with Crippen LogP contribution < -0.4 is 0 Å². The third-order valence-corrected chi connectivity index (χ3v) is 5.18. The van der Waals surface area contributed by atoms with Crippen molar-refractivity contribution in [1.29, 1.82) is 0 Å². The van der Waals surface area contributed by atoms with Gasteiger partial charge in [-0.05, 0) is 70.8 Å². The van der Waals surface area contributed by atoms with Gasteiger partial charge in [-0.2, -0.15) is 0 Å². The maximum atomic E-state index is 13.4. The molecule has 1 heterocycles. The summed E-state index contributed by atoms with van der Waals surface area (Å²) in [5, 5.41) is 20.1. The molecule has 3 nitrogen and oxygen atoms in total. The van der Waals surface area contributed by atoms with Crippen LogP contribution in [-0.4, -0.2) is 15.2 Å². The molecule has 2 N–H and O–H groups in total. The highest BCUT2D eigenvalue weighted by Gasteiger charge is 2.27. The number of nitrogens with zero attached hydrogens (tertiary/aromatic N) is 1. The van der Waals surface area contributed by atoms with Gasteiger partial charge in [-0.15, -0.1) is 0 Å². The molecule has 1 aliphatic carbocycles. The molecule has 3 aromatic carbocycles. The Morgan fingerprint density at radius 3 is 2.29 bits per heavy atom. The topological polar surface area (TPSA) is 53.4 Å². The average molecular weight is 369 g/mol. The van der Waals surface area contributed by atoms with Crippen molar-refractivity contribution in [3.63, 3.8) is 0 Å². The van der Waals surface area contributed by atoms with Crippen molar-refractivity contribution < 1.29 is 14.6 Å². The summed E-state index contributed by atoms with van der Waals surface area (Å²) in [5.74, 6) is 0.109. The molecule has 4 heteroatoms. The first-order valence-electron chi connectivity index (χ1n) is 9.00. The summed E-state index contributed by atoms with van der Waals surface area (Å²) in [5.41, 5.74) is 7.00. The van der Waals surface area contributed by atoms with Crippen LogP contribution in [0.15, 0.2) is 72.8 Å². The number of hydrogen-bond donors (Lipinski definition) is 2. The smallest absolute Gasteiger partial charge is 0.125 e. The van der Waals surface area contributed by atoms with Gasteiger partial charge in [0.1, 0.15) is 17.3 Å². The number of aromatic hydroxyl groups is 2. The van der Waals surface area contributed by atoms with Gasteiger partial charge in [0.25, 0.3) is 0 Å². The van der Waals surface area contributed by atoms with Crippen molar-refractivity contribution in [2.75, 3.05) is 0 Å². The van der Waals surface area contributed by atoms with Crippen molar-refractivity contribution >= 4 is 0 Å². The quantitative estimate of drug-likeness (QED) is 0.430. The fourth-order valence-corrected chi connectivity index (χ4v) is 3.82. The Morgan fingerprint density at radius 2 is 1.54 bits per heavy atom. The monoisotopic (exact) mass is 369 g/mol. The van der Waals surface area contributed by atoms with E-state index in [-0.39, 0.29) is 17.3 Å². The van der Waals surface area contributed by atoms with Crippen molar-refractivity contribution in [2.45, 2.75) is 6.42 Å². The van der Waals surface area contributed by atoms with Gasteiger partial charge in [0.15, 0.2) is 0 Å². The fraction of sp³-hybridized carbons (Fsp3) is 0.0417. The van der Waals surface area contributed by atoms with Crippen molar-refractivity contribution in [2.24, 2.45) is 0 Å². The van der Waals surface area contributed by atoms with E-state index < -0.39 is 0 Å². The van der Waals surface area contributed by atoms with Crippen molar-refractivity contribution in [3.05, 3.63) is 89.7 Å². The van der Waals surface area contributed by atoms with Crippen molar-refractivity contribution in [3.8, 4) is 45.1 Å². The highest BCUT2D eigenvalue weighted by Crippen LogP contribution is 2.45. The largest absolute Gasteiger partial charge is 0.508 e. The number of pyridine rings is 1. The summed E-state index contributed by atoms with van der Waals surface area (Å²) in [6.45, 7) is 0. The lowest BCUT2D eigenvalue weighted by atomic mass is 9.96. The van der Waals surface area contributed by atoms with Crippen molar-refractivity contribution in [1.82, 2.24) is 4.98 Å². The second-order valence-electron chi connectivity index (χ2n) is 6.92. The minimum absolute atomic E-state index is 0.203. The van der Waals surface area contributed by atoms with E-state index in [4.69, 9.17) is 4.98 Å². The number of benzene rings is 3.